The Kier molecular flexibility index (Phi) is 6.14. The number of imidazole rings is 1. The van der Waals surface area contributed by atoms with Crippen LogP contribution >= 0.6 is 0 Å². The summed E-state index contributed by atoms with van der Waals surface area (Å²) in [6.07, 6.45) is 8.97. The number of hydrogen-bond acceptors (Lipinski definition) is 8. The van der Waals surface area contributed by atoms with Crippen molar-refractivity contribution in [2.75, 3.05) is 13.7 Å². The molecule has 0 bridgehead atoms. The van der Waals surface area contributed by atoms with E-state index in [1.54, 1.807) is 37.9 Å². The van der Waals surface area contributed by atoms with Crippen LogP contribution in [0.3, 0.4) is 0 Å². The van der Waals surface area contributed by atoms with E-state index in [1.165, 1.54) is 10.9 Å². The molecule has 4 aromatic heterocycles. The molecule has 1 fully saturated rings. The number of amides is 1. The second-order valence-corrected chi connectivity index (χ2v) is 9.74. The molecule has 1 saturated carbocycles. The van der Waals surface area contributed by atoms with Crippen molar-refractivity contribution < 1.29 is 9.53 Å². The predicted molar refractivity (Wildman–Crippen MR) is 143 cm³/mol. The van der Waals surface area contributed by atoms with E-state index in [9.17, 15) is 9.59 Å². The van der Waals surface area contributed by atoms with Crippen LogP contribution < -0.4 is 15.6 Å². The molecule has 0 spiro atoms. The third-order valence-corrected chi connectivity index (χ3v) is 6.69. The van der Waals surface area contributed by atoms with Gasteiger partial charge in [-0.3, -0.25) is 14.2 Å². The molecule has 0 unspecified atom stereocenters. The van der Waals surface area contributed by atoms with E-state index in [1.807, 2.05) is 41.3 Å². The fraction of sp³-hybridized carbons (Fsp3) is 0.296. The minimum absolute atomic E-state index is 0.146. The van der Waals surface area contributed by atoms with E-state index in [0.717, 1.165) is 18.5 Å². The molecule has 12 nitrogen and oxygen atoms in total. The predicted octanol–water partition coefficient (Wildman–Crippen LogP) is 2.81. The van der Waals surface area contributed by atoms with Gasteiger partial charge in [-0.15, -0.1) is 10.2 Å². The molecule has 4 heterocycles. The maximum atomic E-state index is 13.8. The van der Waals surface area contributed by atoms with Crippen LogP contribution in [0.4, 0.5) is 0 Å². The summed E-state index contributed by atoms with van der Waals surface area (Å²) >= 11 is 0. The number of carbonyl (C=O) groups is 1. The standard InChI is InChI=1S/C27H27N9O3/c1-16(2)35-15-31-33-26(35)19-5-4-6-24(32-19)36-14-30-20-10-23(39-12-25(37)28-3)22(9-18(20)27(36)38)34-11-21(29-13-34)17-7-8-17/h4-6,9-11,13-17H,7-8,12H2,1-3H3,(H,28,37). The minimum atomic E-state index is -0.295. The highest BCUT2D eigenvalue weighted by Crippen LogP contribution is 2.39. The zero-order chi connectivity index (χ0) is 27.1. The SMILES string of the molecule is CNC(=O)COc1cc2ncn(-c3cccc(-c4nncn4C(C)C)n3)c(=O)c2cc1-n1cnc(C2CC2)c1. The highest BCUT2D eigenvalue weighted by Gasteiger charge is 2.26. The quantitative estimate of drug-likeness (QED) is 0.327. The zero-order valence-electron chi connectivity index (χ0n) is 21.8. The third kappa shape index (κ3) is 4.65. The van der Waals surface area contributed by atoms with Gasteiger partial charge in [0.25, 0.3) is 11.5 Å². The van der Waals surface area contributed by atoms with Gasteiger partial charge >= 0.3 is 0 Å². The number of carbonyl (C=O) groups excluding carboxylic acids is 1. The van der Waals surface area contributed by atoms with Crippen LogP contribution in [-0.2, 0) is 4.79 Å². The van der Waals surface area contributed by atoms with E-state index < -0.39 is 0 Å². The van der Waals surface area contributed by atoms with E-state index in [4.69, 9.17) is 9.72 Å². The van der Waals surface area contributed by atoms with E-state index in [-0.39, 0.29) is 24.1 Å². The van der Waals surface area contributed by atoms with Crippen LogP contribution in [0, 0.1) is 0 Å². The lowest BCUT2D eigenvalue weighted by Gasteiger charge is -2.14. The molecule has 0 aliphatic heterocycles. The Balaban J connectivity index is 1.45. The molecular formula is C27H27N9O3. The Labute approximate surface area is 223 Å². The number of fused-ring (bicyclic) bond motifs is 1. The van der Waals surface area contributed by atoms with Crippen molar-refractivity contribution in [3.8, 4) is 28.8 Å². The summed E-state index contributed by atoms with van der Waals surface area (Å²) in [5, 5.41) is 11.2. The smallest absolute Gasteiger partial charge is 0.267 e. The second-order valence-electron chi connectivity index (χ2n) is 9.74. The number of likely N-dealkylation sites (N-methyl/N-ethyl adjacent to an activating group) is 1. The monoisotopic (exact) mass is 525 g/mol. The first-order chi connectivity index (χ1) is 18.9. The number of ether oxygens (including phenoxy) is 1. The maximum Gasteiger partial charge on any atom is 0.267 e. The van der Waals surface area contributed by atoms with Crippen molar-refractivity contribution in [1.82, 2.24) is 44.2 Å². The Hall–Kier alpha value is -4.87. The number of nitrogens with zero attached hydrogens (tertiary/aromatic N) is 8. The van der Waals surface area contributed by atoms with Gasteiger partial charge in [-0.05, 0) is 44.9 Å². The average molecular weight is 526 g/mol. The summed E-state index contributed by atoms with van der Waals surface area (Å²) in [6.45, 7) is 3.90. The van der Waals surface area contributed by atoms with Crippen LogP contribution in [0.2, 0.25) is 0 Å². The van der Waals surface area contributed by atoms with Gasteiger partial charge in [0.1, 0.15) is 29.9 Å². The number of benzene rings is 1. The highest BCUT2D eigenvalue weighted by molar-refractivity contribution is 5.83. The topological polar surface area (TPSA) is 135 Å². The van der Waals surface area contributed by atoms with Crippen LogP contribution in [-0.4, -0.2) is 58.4 Å². The Morgan fingerprint density at radius 1 is 1.15 bits per heavy atom. The van der Waals surface area contributed by atoms with Gasteiger partial charge in [-0.2, -0.15) is 0 Å². The lowest BCUT2D eigenvalue weighted by molar-refractivity contribution is -0.122. The van der Waals surface area contributed by atoms with Crippen LogP contribution in [0.15, 0.2) is 60.3 Å². The molecule has 1 N–H and O–H groups in total. The molecule has 6 rings (SSSR count). The fourth-order valence-corrected chi connectivity index (χ4v) is 4.38. The molecule has 0 saturated heterocycles. The molecule has 39 heavy (non-hydrogen) atoms. The van der Waals surface area contributed by atoms with Crippen molar-refractivity contribution in [3.63, 3.8) is 0 Å². The van der Waals surface area contributed by atoms with E-state index in [2.05, 4.69) is 25.5 Å². The fourth-order valence-electron chi connectivity index (χ4n) is 4.38. The van der Waals surface area contributed by atoms with Gasteiger partial charge in [-0.25, -0.2) is 15.0 Å². The van der Waals surface area contributed by atoms with Crippen LogP contribution in [0.1, 0.15) is 44.3 Å². The summed E-state index contributed by atoms with van der Waals surface area (Å²) < 4.78 is 11.0. The van der Waals surface area contributed by atoms with Crippen molar-refractivity contribution in [3.05, 3.63) is 71.6 Å². The molecule has 1 aromatic carbocycles. The first-order valence-corrected chi connectivity index (χ1v) is 12.7. The highest BCUT2D eigenvalue weighted by atomic mass is 16.5. The molecule has 0 atom stereocenters. The van der Waals surface area contributed by atoms with Crippen molar-refractivity contribution in [2.45, 2.75) is 38.6 Å². The van der Waals surface area contributed by atoms with Crippen molar-refractivity contribution >= 4 is 16.8 Å². The molecule has 1 amide bonds. The van der Waals surface area contributed by atoms with E-state index in [0.29, 0.717) is 45.6 Å². The summed E-state index contributed by atoms with van der Waals surface area (Å²) in [5.41, 5.74) is 2.32. The molecule has 12 heteroatoms. The maximum absolute atomic E-state index is 13.8. The lowest BCUT2D eigenvalue weighted by atomic mass is 10.2. The number of nitrogens with one attached hydrogen (secondary N) is 1. The van der Waals surface area contributed by atoms with Crippen LogP contribution in [0.5, 0.6) is 5.75 Å². The Bertz CT molecular complexity index is 1750. The molecule has 1 aliphatic rings. The molecule has 0 radical (unpaired) electrons. The number of aromatic nitrogens is 8. The largest absolute Gasteiger partial charge is 0.481 e. The van der Waals surface area contributed by atoms with Crippen LogP contribution in [0.25, 0.3) is 33.9 Å². The molecule has 5 aromatic rings. The van der Waals surface area contributed by atoms with E-state index >= 15 is 0 Å². The Morgan fingerprint density at radius 2 is 2.00 bits per heavy atom. The second kappa shape index (κ2) is 9.78. The van der Waals surface area contributed by atoms with Gasteiger partial charge in [0.15, 0.2) is 12.4 Å². The lowest BCUT2D eigenvalue weighted by Crippen LogP contribution is -2.25. The number of rotatable bonds is 8. The van der Waals surface area contributed by atoms with Gasteiger partial charge in [0, 0.05) is 31.3 Å². The molecular weight excluding hydrogens is 498 g/mol. The summed E-state index contributed by atoms with van der Waals surface area (Å²) in [5.74, 6) is 1.63. The average Bonchev–Trinajstić information content (AvgIpc) is 3.46. The summed E-state index contributed by atoms with van der Waals surface area (Å²) in [4.78, 5) is 39.4. The van der Waals surface area contributed by atoms with Gasteiger partial charge in [-0.1, -0.05) is 6.07 Å². The van der Waals surface area contributed by atoms with Gasteiger partial charge in [0.05, 0.1) is 28.6 Å². The van der Waals surface area contributed by atoms with Gasteiger partial charge in [0.2, 0.25) is 0 Å². The normalized spacial score (nSPS) is 13.2. The number of pyridine rings is 1. The van der Waals surface area contributed by atoms with Crippen molar-refractivity contribution in [2.24, 2.45) is 0 Å². The first-order valence-electron chi connectivity index (χ1n) is 12.7. The first kappa shape index (κ1) is 24.5. The summed E-state index contributed by atoms with van der Waals surface area (Å²) in [7, 11) is 1.55. The third-order valence-electron chi connectivity index (χ3n) is 6.69. The summed E-state index contributed by atoms with van der Waals surface area (Å²) in [6, 6.07) is 8.93. The minimum Gasteiger partial charge on any atom is -0.481 e. The molecule has 1 aliphatic carbocycles. The number of hydrogen-bond donors (Lipinski definition) is 1. The Morgan fingerprint density at radius 3 is 2.77 bits per heavy atom. The molecule has 198 valence electrons. The van der Waals surface area contributed by atoms with Gasteiger partial charge < -0.3 is 19.2 Å². The zero-order valence-corrected chi connectivity index (χ0v) is 21.8. The van der Waals surface area contributed by atoms with Crippen molar-refractivity contribution in [1.29, 1.82) is 0 Å².